The van der Waals surface area contributed by atoms with E-state index in [1.807, 2.05) is 0 Å². The van der Waals surface area contributed by atoms with Crippen LogP contribution < -0.4 is 10.1 Å². The van der Waals surface area contributed by atoms with Gasteiger partial charge in [0.15, 0.2) is 5.71 Å². The van der Waals surface area contributed by atoms with Crippen molar-refractivity contribution in [2.24, 2.45) is 5.16 Å². The zero-order valence-corrected chi connectivity index (χ0v) is 14.8. The highest BCUT2D eigenvalue weighted by molar-refractivity contribution is 6.45. The van der Waals surface area contributed by atoms with Crippen LogP contribution in [0.4, 0.5) is 13.2 Å². The quantitative estimate of drug-likeness (QED) is 0.588. The number of benzene rings is 2. The van der Waals surface area contributed by atoms with Gasteiger partial charge in [-0.1, -0.05) is 29.4 Å². The van der Waals surface area contributed by atoms with E-state index in [0.717, 1.165) is 12.1 Å². The minimum Gasteiger partial charge on any atom is -0.489 e. The first-order chi connectivity index (χ1) is 12.9. The lowest BCUT2D eigenvalue weighted by atomic mass is 10.0. The van der Waals surface area contributed by atoms with Gasteiger partial charge >= 0.3 is 6.18 Å². The molecule has 0 unspecified atom stereocenters. The number of hydrogen-bond acceptors (Lipinski definition) is 4. The Bertz CT molecular complexity index is 803. The van der Waals surface area contributed by atoms with E-state index in [9.17, 15) is 18.0 Å². The smallest absolute Gasteiger partial charge is 0.416 e. The molecule has 0 saturated heterocycles. The van der Waals surface area contributed by atoms with Gasteiger partial charge in [-0.25, -0.2) is 0 Å². The monoisotopic (exact) mass is 380 g/mol. The summed E-state index contributed by atoms with van der Waals surface area (Å²) in [6.45, 7) is 2.25. The molecule has 0 radical (unpaired) electrons. The average Bonchev–Trinajstić information content (AvgIpc) is 2.64. The highest BCUT2D eigenvalue weighted by Crippen LogP contribution is 2.30. The maximum Gasteiger partial charge on any atom is 0.416 e. The Morgan fingerprint density at radius 1 is 1.11 bits per heavy atom. The molecule has 0 aromatic heterocycles. The fraction of sp³-hybridized carbons (Fsp3) is 0.263. The molecule has 0 fully saturated rings. The topological polar surface area (TPSA) is 59.9 Å². The van der Waals surface area contributed by atoms with Crippen LogP contribution in [0.1, 0.15) is 23.6 Å². The van der Waals surface area contributed by atoms with Gasteiger partial charge in [-0.05, 0) is 36.8 Å². The van der Waals surface area contributed by atoms with Crippen LogP contribution in [0, 0.1) is 0 Å². The molecule has 0 saturated carbocycles. The second-order valence-corrected chi connectivity index (χ2v) is 5.45. The summed E-state index contributed by atoms with van der Waals surface area (Å²) < 4.78 is 43.4. The number of oxime groups is 1. The van der Waals surface area contributed by atoms with E-state index in [1.54, 1.807) is 31.2 Å². The normalized spacial score (nSPS) is 11.8. The number of nitrogens with zero attached hydrogens (tertiary/aromatic N) is 1. The molecule has 0 spiro atoms. The minimum absolute atomic E-state index is 0.0453. The third-order valence-corrected chi connectivity index (χ3v) is 3.58. The van der Waals surface area contributed by atoms with Crippen LogP contribution in [0.25, 0.3) is 0 Å². The van der Waals surface area contributed by atoms with E-state index in [4.69, 9.17) is 9.57 Å². The first kappa shape index (κ1) is 20.3. The zero-order chi connectivity index (χ0) is 19.9. The number of alkyl halides is 3. The Morgan fingerprint density at radius 2 is 1.78 bits per heavy atom. The zero-order valence-electron chi connectivity index (χ0n) is 14.8. The maximum absolute atomic E-state index is 12.6. The number of likely N-dealkylation sites (N-methyl/N-ethyl adjacent to an activating group) is 1. The van der Waals surface area contributed by atoms with Crippen molar-refractivity contribution >= 4 is 11.6 Å². The van der Waals surface area contributed by atoms with Crippen molar-refractivity contribution in [3.63, 3.8) is 0 Å². The molecule has 0 aliphatic heterocycles. The van der Waals surface area contributed by atoms with Crippen molar-refractivity contribution in [3.8, 4) is 5.75 Å². The van der Waals surface area contributed by atoms with Gasteiger partial charge < -0.3 is 14.9 Å². The predicted octanol–water partition coefficient (Wildman–Crippen LogP) is 3.77. The molecular formula is C19H19F3N2O3. The van der Waals surface area contributed by atoms with Gasteiger partial charge in [0.1, 0.15) is 19.5 Å². The lowest BCUT2D eigenvalue weighted by Crippen LogP contribution is -2.32. The number of halogens is 3. The minimum atomic E-state index is -4.40. The Labute approximate surface area is 154 Å². The summed E-state index contributed by atoms with van der Waals surface area (Å²) in [4.78, 5) is 17.0. The molecule has 2 aromatic rings. The molecular weight excluding hydrogens is 361 g/mol. The van der Waals surface area contributed by atoms with E-state index in [0.29, 0.717) is 17.7 Å². The van der Waals surface area contributed by atoms with Crippen molar-refractivity contribution in [2.45, 2.75) is 19.7 Å². The second-order valence-electron chi connectivity index (χ2n) is 5.45. The van der Waals surface area contributed by atoms with Crippen LogP contribution in [0.2, 0.25) is 0 Å². The standard InChI is InChI=1S/C19H19F3N2O3/c1-3-23-18(25)17(24-26-2)16-7-5-4-6-13(16)12-27-15-10-8-14(9-11-15)19(20,21)22/h4-11H,3,12H2,1-2H3,(H,23,25). The Balaban J connectivity index is 2.20. The van der Waals surface area contributed by atoms with Crippen LogP contribution in [0.3, 0.4) is 0 Å². The summed E-state index contributed by atoms with van der Waals surface area (Å²) in [5, 5.41) is 6.44. The van der Waals surface area contributed by atoms with Gasteiger partial charge in [0, 0.05) is 12.1 Å². The Hall–Kier alpha value is -3.03. The first-order valence-electron chi connectivity index (χ1n) is 8.14. The summed E-state index contributed by atoms with van der Waals surface area (Å²) in [5.74, 6) is -0.123. The molecule has 0 heterocycles. The first-order valence-corrected chi connectivity index (χ1v) is 8.14. The van der Waals surface area contributed by atoms with Crippen LogP contribution >= 0.6 is 0 Å². The summed E-state index contributed by atoms with van der Waals surface area (Å²) in [7, 11) is 1.33. The van der Waals surface area contributed by atoms with Crippen molar-refractivity contribution in [1.29, 1.82) is 0 Å². The van der Waals surface area contributed by atoms with Crippen LogP contribution in [0.15, 0.2) is 53.7 Å². The molecule has 27 heavy (non-hydrogen) atoms. The molecule has 144 valence electrons. The number of carbonyl (C=O) groups excluding carboxylic acids is 1. The van der Waals surface area contributed by atoms with Crippen molar-refractivity contribution in [2.75, 3.05) is 13.7 Å². The summed E-state index contributed by atoms with van der Waals surface area (Å²) in [5.41, 5.74) is 0.489. The highest BCUT2D eigenvalue weighted by atomic mass is 19.4. The fourth-order valence-corrected chi connectivity index (χ4v) is 2.33. The molecule has 2 aromatic carbocycles. The fourth-order valence-electron chi connectivity index (χ4n) is 2.33. The van der Waals surface area contributed by atoms with Crippen molar-refractivity contribution in [3.05, 3.63) is 65.2 Å². The lowest BCUT2D eigenvalue weighted by Gasteiger charge is -2.13. The van der Waals surface area contributed by atoms with Gasteiger partial charge in [-0.15, -0.1) is 0 Å². The van der Waals surface area contributed by atoms with E-state index >= 15 is 0 Å². The number of nitrogens with one attached hydrogen (secondary N) is 1. The van der Waals surface area contributed by atoms with E-state index in [1.165, 1.54) is 19.2 Å². The Kier molecular flexibility index (Phi) is 6.81. The van der Waals surface area contributed by atoms with Crippen LogP contribution in [-0.2, 0) is 22.4 Å². The SMILES string of the molecule is CCNC(=O)C(=NOC)c1ccccc1COc1ccc(C(F)(F)F)cc1. The van der Waals surface area contributed by atoms with Crippen LogP contribution in [0.5, 0.6) is 5.75 Å². The maximum atomic E-state index is 12.6. The van der Waals surface area contributed by atoms with Crippen molar-refractivity contribution < 1.29 is 27.5 Å². The highest BCUT2D eigenvalue weighted by Gasteiger charge is 2.30. The van der Waals surface area contributed by atoms with Gasteiger partial charge in [-0.2, -0.15) is 13.2 Å². The summed E-state index contributed by atoms with van der Waals surface area (Å²) >= 11 is 0. The molecule has 1 N–H and O–H groups in total. The third-order valence-electron chi connectivity index (χ3n) is 3.58. The van der Waals surface area contributed by atoms with E-state index in [2.05, 4.69) is 10.5 Å². The van der Waals surface area contributed by atoms with Crippen LogP contribution in [-0.4, -0.2) is 25.3 Å². The van der Waals surface area contributed by atoms with Gasteiger partial charge in [0.05, 0.1) is 5.56 Å². The number of carbonyl (C=O) groups is 1. The van der Waals surface area contributed by atoms with E-state index in [-0.39, 0.29) is 18.1 Å². The number of hydrogen-bond donors (Lipinski definition) is 1. The number of rotatable bonds is 7. The van der Waals surface area contributed by atoms with E-state index < -0.39 is 17.6 Å². The summed E-state index contributed by atoms with van der Waals surface area (Å²) in [6, 6.07) is 11.3. The molecule has 0 aliphatic rings. The predicted molar refractivity (Wildman–Crippen MR) is 94.4 cm³/mol. The molecule has 1 amide bonds. The lowest BCUT2D eigenvalue weighted by molar-refractivity contribution is -0.137. The Morgan fingerprint density at radius 3 is 2.37 bits per heavy atom. The second kappa shape index (κ2) is 9.07. The molecule has 0 aliphatic carbocycles. The number of amides is 1. The molecule has 0 atom stereocenters. The summed E-state index contributed by atoms with van der Waals surface area (Å²) in [6.07, 6.45) is -4.40. The largest absolute Gasteiger partial charge is 0.489 e. The molecule has 2 rings (SSSR count). The van der Waals surface area contributed by atoms with Gasteiger partial charge in [0.2, 0.25) is 0 Å². The van der Waals surface area contributed by atoms with Gasteiger partial charge in [0.25, 0.3) is 5.91 Å². The molecule has 5 nitrogen and oxygen atoms in total. The average molecular weight is 380 g/mol. The molecule has 8 heteroatoms. The number of ether oxygens (including phenoxy) is 1. The third kappa shape index (κ3) is 5.47. The molecule has 0 bridgehead atoms. The van der Waals surface area contributed by atoms with Crippen molar-refractivity contribution in [1.82, 2.24) is 5.32 Å². The van der Waals surface area contributed by atoms with Gasteiger partial charge in [-0.3, -0.25) is 4.79 Å².